The zero-order chi connectivity index (χ0) is 13.8. The van der Waals surface area contributed by atoms with E-state index in [1.807, 2.05) is 6.92 Å². The number of carbonyl (C=O) groups is 1. The van der Waals surface area contributed by atoms with Crippen LogP contribution in [0.3, 0.4) is 0 Å². The molecule has 4 nitrogen and oxygen atoms in total. The lowest BCUT2D eigenvalue weighted by Gasteiger charge is -2.05. The first-order valence-electron chi connectivity index (χ1n) is 5.73. The molecule has 0 spiro atoms. The number of rotatable bonds is 5. The number of ether oxygens (including phenoxy) is 1. The maximum absolute atomic E-state index is 13.2. The number of carbonyl (C=O) groups excluding carboxylic acids is 1. The van der Waals surface area contributed by atoms with Crippen molar-refractivity contribution in [3.63, 3.8) is 0 Å². The monoisotopic (exact) mass is 280 g/mol. The summed E-state index contributed by atoms with van der Waals surface area (Å²) in [6.45, 7) is 1.96. The molecule has 19 heavy (non-hydrogen) atoms. The molecule has 0 unspecified atom stereocenters. The van der Waals surface area contributed by atoms with Crippen LogP contribution >= 0.6 is 11.3 Å². The Bertz CT molecular complexity index is 598. The van der Waals surface area contributed by atoms with E-state index in [1.165, 1.54) is 30.6 Å². The fraction of sp³-hybridized carbons (Fsp3) is 0.231. The summed E-state index contributed by atoms with van der Waals surface area (Å²) in [4.78, 5) is 15.0. The van der Waals surface area contributed by atoms with Gasteiger partial charge in [0.2, 0.25) is 6.41 Å². The normalized spacial score (nSPS) is 10.3. The van der Waals surface area contributed by atoms with Gasteiger partial charge in [-0.1, -0.05) is 18.3 Å². The van der Waals surface area contributed by atoms with Gasteiger partial charge in [0.1, 0.15) is 21.6 Å². The lowest BCUT2D eigenvalue weighted by atomic mass is 10.2. The molecule has 0 bridgehead atoms. The number of halogens is 1. The number of aromatic nitrogens is 1. The summed E-state index contributed by atoms with van der Waals surface area (Å²) in [7, 11) is 1.48. The van der Waals surface area contributed by atoms with E-state index in [2.05, 4.69) is 10.3 Å². The number of hydrogen-bond acceptors (Lipinski definition) is 4. The van der Waals surface area contributed by atoms with Crippen LogP contribution in [0.5, 0.6) is 5.75 Å². The fourth-order valence-electron chi connectivity index (χ4n) is 1.71. The molecule has 6 heteroatoms. The quantitative estimate of drug-likeness (QED) is 0.856. The summed E-state index contributed by atoms with van der Waals surface area (Å²) >= 11 is 1.34. The number of aryl methyl sites for hydroxylation is 1. The SMILES string of the molecule is CCc1nc(-c2ccc(F)cc2OC)sc1NC=O. The van der Waals surface area contributed by atoms with Crippen molar-refractivity contribution < 1.29 is 13.9 Å². The van der Waals surface area contributed by atoms with Crippen molar-refractivity contribution in [3.8, 4) is 16.3 Å². The van der Waals surface area contributed by atoms with E-state index in [-0.39, 0.29) is 5.82 Å². The molecule has 1 aromatic carbocycles. The summed E-state index contributed by atoms with van der Waals surface area (Å²) < 4.78 is 18.3. The minimum atomic E-state index is -0.362. The van der Waals surface area contributed by atoms with Crippen LogP contribution in [0.15, 0.2) is 18.2 Å². The van der Waals surface area contributed by atoms with Crippen LogP contribution in [0.2, 0.25) is 0 Å². The topological polar surface area (TPSA) is 51.2 Å². The molecule has 0 saturated carbocycles. The minimum absolute atomic E-state index is 0.362. The zero-order valence-electron chi connectivity index (χ0n) is 10.6. The van der Waals surface area contributed by atoms with Gasteiger partial charge in [-0.15, -0.1) is 0 Å². The Morgan fingerprint density at radius 1 is 1.53 bits per heavy atom. The van der Waals surface area contributed by atoms with Gasteiger partial charge in [0.15, 0.2) is 0 Å². The van der Waals surface area contributed by atoms with Crippen molar-refractivity contribution in [3.05, 3.63) is 29.7 Å². The first-order valence-corrected chi connectivity index (χ1v) is 6.55. The zero-order valence-corrected chi connectivity index (χ0v) is 11.4. The van der Waals surface area contributed by atoms with E-state index >= 15 is 0 Å². The predicted molar refractivity (Wildman–Crippen MR) is 73.1 cm³/mol. The van der Waals surface area contributed by atoms with Crippen LogP contribution in [0.4, 0.5) is 9.39 Å². The summed E-state index contributed by atoms with van der Waals surface area (Å²) in [5.41, 5.74) is 1.51. The molecule has 1 heterocycles. The van der Waals surface area contributed by atoms with E-state index in [4.69, 9.17) is 4.74 Å². The van der Waals surface area contributed by atoms with Crippen LogP contribution in [-0.4, -0.2) is 18.5 Å². The molecule has 0 aliphatic rings. The minimum Gasteiger partial charge on any atom is -0.496 e. The summed E-state index contributed by atoms with van der Waals surface area (Å²) in [5.74, 6) is 0.0631. The second-order valence-corrected chi connectivity index (χ2v) is 4.75. The molecule has 1 amide bonds. The van der Waals surface area contributed by atoms with Crippen molar-refractivity contribution in [2.45, 2.75) is 13.3 Å². The van der Waals surface area contributed by atoms with Crippen LogP contribution in [-0.2, 0) is 11.2 Å². The van der Waals surface area contributed by atoms with E-state index in [0.29, 0.717) is 34.2 Å². The van der Waals surface area contributed by atoms with Gasteiger partial charge in [-0.2, -0.15) is 0 Å². The molecule has 1 aromatic heterocycles. The molecule has 0 aliphatic carbocycles. The van der Waals surface area contributed by atoms with Gasteiger partial charge in [-0.25, -0.2) is 9.37 Å². The second kappa shape index (κ2) is 5.79. The average molecular weight is 280 g/mol. The smallest absolute Gasteiger partial charge is 0.212 e. The Labute approximate surface area is 114 Å². The molecule has 0 atom stereocenters. The molecule has 2 aromatic rings. The second-order valence-electron chi connectivity index (χ2n) is 3.76. The third-order valence-corrected chi connectivity index (χ3v) is 3.68. The van der Waals surface area contributed by atoms with Crippen molar-refractivity contribution in [1.29, 1.82) is 0 Å². The van der Waals surface area contributed by atoms with Gasteiger partial charge in [0, 0.05) is 6.07 Å². The number of hydrogen-bond donors (Lipinski definition) is 1. The van der Waals surface area contributed by atoms with Crippen molar-refractivity contribution in [2.75, 3.05) is 12.4 Å². The van der Waals surface area contributed by atoms with Gasteiger partial charge >= 0.3 is 0 Å². The first-order chi connectivity index (χ1) is 9.19. The third-order valence-electron chi connectivity index (χ3n) is 2.62. The van der Waals surface area contributed by atoms with Crippen molar-refractivity contribution >= 4 is 22.7 Å². The molecule has 100 valence electrons. The number of thiazole rings is 1. The van der Waals surface area contributed by atoms with Gasteiger partial charge < -0.3 is 10.1 Å². The van der Waals surface area contributed by atoms with Crippen LogP contribution < -0.4 is 10.1 Å². The number of nitrogens with zero attached hydrogens (tertiary/aromatic N) is 1. The van der Waals surface area contributed by atoms with Gasteiger partial charge in [0.25, 0.3) is 0 Å². The highest BCUT2D eigenvalue weighted by molar-refractivity contribution is 7.19. The third kappa shape index (κ3) is 2.73. The predicted octanol–water partition coefficient (Wildman–Crippen LogP) is 3.09. The Balaban J connectivity index is 2.49. The maximum atomic E-state index is 13.2. The molecular formula is C13H13FN2O2S. The molecule has 0 radical (unpaired) electrons. The number of anilines is 1. The van der Waals surface area contributed by atoms with E-state index in [9.17, 15) is 9.18 Å². The largest absolute Gasteiger partial charge is 0.496 e. The van der Waals surface area contributed by atoms with Gasteiger partial charge in [0.05, 0.1) is 18.4 Å². The number of methoxy groups -OCH3 is 1. The summed E-state index contributed by atoms with van der Waals surface area (Å²) in [6.07, 6.45) is 1.33. The highest BCUT2D eigenvalue weighted by Gasteiger charge is 2.15. The molecule has 2 rings (SSSR count). The highest BCUT2D eigenvalue weighted by atomic mass is 32.1. The number of benzene rings is 1. The lowest BCUT2D eigenvalue weighted by molar-refractivity contribution is -0.105. The Morgan fingerprint density at radius 2 is 2.32 bits per heavy atom. The summed E-state index contributed by atoms with van der Waals surface area (Å²) in [6, 6.07) is 4.30. The van der Waals surface area contributed by atoms with E-state index < -0.39 is 0 Å². The Kier molecular flexibility index (Phi) is 4.11. The van der Waals surface area contributed by atoms with Gasteiger partial charge in [-0.05, 0) is 18.6 Å². The van der Waals surface area contributed by atoms with Crippen LogP contribution in [0.1, 0.15) is 12.6 Å². The van der Waals surface area contributed by atoms with E-state index in [0.717, 1.165) is 5.69 Å². The standard InChI is InChI=1S/C13H13FN2O2S/c1-3-10-13(15-7-17)19-12(16-10)9-5-4-8(14)6-11(9)18-2/h4-7H,3H2,1-2H3,(H,15,17). The molecule has 1 N–H and O–H groups in total. The van der Waals surface area contributed by atoms with Gasteiger partial charge in [-0.3, -0.25) is 4.79 Å². The molecule has 0 saturated heterocycles. The van der Waals surface area contributed by atoms with Crippen LogP contribution in [0, 0.1) is 5.82 Å². The van der Waals surface area contributed by atoms with E-state index in [1.54, 1.807) is 6.07 Å². The van der Waals surface area contributed by atoms with Crippen molar-refractivity contribution in [1.82, 2.24) is 4.98 Å². The Morgan fingerprint density at radius 3 is 2.95 bits per heavy atom. The average Bonchev–Trinajstić information content (AvgIpc) is 2.82. The highest BCUT2D eigenvalue weighted by Crippen LogP contribution is 2.37. The number of amides is 1. The maximum Gasteiger partial charge on any atom is 0.212 e. The molecular weight excluding hydrogens is 267 g/mol. The lowest BCUT2D eigenvalue weighted by Crippen LogP contribution is -1.94. The number of nitrogens with one attached hydrogen (secondary N) is 1. The molecule has 0 aliphatic heterocycles. The van der Waals surface area contributed by atoms with Crippen molar-refractivity contribution in [2.24, 2.45) is 0 Å². The van der Waals surface area contributed by atoms with Crippen LogP contribution in [0.25, 0.3) is 10.6 Å². The first kappa shape index (κ1) is 13.5. The summed E-state index contributed by atoms with van der Waals surface area (Å²) in [5, 5.41) is 4.03. The molecule has 0 fully saturated rings. The Hall–Kier alpha value is -1.95. The fourth-order valence-corrected chi connectivity index (χ4v) is 2.76.